The highest BCUT2D eigenvalue weighted by atomic mass is 16.5. The fraction of sp³-hybridized carbons (Fsp3) is 0.463. The lowest BCUT2D eigenvalue weighted by atomic mass is 9.89. The summed E-state index contributed by atoms with van der Waals surface area (Å²) in [6.45, 7) is 27.9. The van der Waals surface area contributed by atoms with E-state index in [4.69, 9.17) is 10.1 Å². The summed E-state index contributed by atoms with van der Waals surface area (Å²) in [6, 6.07) is 19.2. The summed E-state index contributed by atoms with van der Waals surface area (Å²) in [7, 11) is 1.35. The Bertz CT molecular complexity index is 1420. The summed E-state index contributed by atoms with van der Waals surface area (Å²) in [5.74, 6) is 1.36. The zero-order chi connectivity index (χ0) is 34.3. The third kappa shape index (κ3) is 12.3. The number of aryl methyl sites for hydroxylation is 3. The molecule has 1 saturated carbocycles. The number of hydrogen-bond donors (Lipinski definition) is 1. The van der Waals surface area contributed by atoms with Gasteiger partial charge in [-0.3, -0.25) is 4.79 Å². The van der Waals surface area contributed by atoms with Crippen LogP contribution in [0.1, 0.15) is 114 Å². The lowest BCUT2D eigenvalue weighted by Gasteiger charge is -2.18. The quantitative estimate of drug-likeness (QED) is 0.213. The van der Waals surface area contributed by atoms with Crippen LogP contribution in [0.5, 0.6) is 5.75 Å². The molecule has 1 aliphatic rings. The minimum atomic E-state index is -0.245. The van der Waals surface area contributed by atoms with E-state index in [1.807, 2.05) is 26.8 Å². The topological polar surface area (TPSA) is 59.4 Å². The van der Waals surface area contributed by atoms with Gasteiger partial charge in [0.25, 0.3) is 0 Å². The second-order valence-corrected chi connectivity index (χ2v) is 12.6. The van der Waals surface area contributed by atoms with Crippen LogP contribution in [-0.4, -0.2) is 25.4 Å². The van der Waals surface area contributed by atoms with Gasteiger partial charge in [0.05, 0.1) is 13.7 Å². The summed E-state index contributed by atoms with van der Waals surface area (Å²) in [4.78, 5) is 9.59. The molecule has 1 unspecified atom stereocenters. The Morgan fingerprint density at radius 1 is 0.889 bits per heavy atom. The Morgan fingerprint density at radius 2 is 1.40 bits per heavy atom. The monoisotopic (exact) mass is 613 g/mol. The first-order valence-corrected chi connectivity index (χ1v) is 16.5. The average molecular weight is 614 g/mol. The second-order valence-electron chi connectivity index (χ2n) is 12.6. The highest BCUT2D eigenvalue weighted by Crippen LogP contribution is 2.41. The van der Waals surface area contributed by atoms with Gasteiger partial charge in [0.2, 0.25) is 0 Å². The molecule has 0 bridgehead atoms. The van der Waals surface area contributed by atoms with Gasteiger partial charge in [0.15, 0.2) is 0 Å². The molecule has 0 spiro atoms. The number of benzene rings is 3. The molecule has 1 N–H and O–H groups in total. The molecule has 1 fully saturated rings. The number of carbonyl (C=O) groups excluding carboxylic acids is 1. The van der Waals surface area contributed by atoms with Crippen molar-refractivity contribution < 1.29 is 14.3 Å². The van der Waals surface area contributed by atoms with Crippen LogP contribution in [-0.2, 0) is 9.53 Å². The fourth-order valence-electron chi connectivity index (χ4n) is 5.40. The molecule has 1 atom stereocenters. The van der Waals surface area contributed by atoms with E-state index in [9.17, 15) is 4.79 Å². The van der Waals surface area contributed by atoms with E-state index in [2.05, 4.69) is 108 Å². The van der Waals surface area contributed by atoms with Crippen LogP contribution in [0.15, 0.2) is 61.2 Å². The van der Waals surface area contributed by atoms with E-state index in [0.717, 1.165) is 34.6 Å². The van der Waals surface area contributed by atoms with Crippen molar-refractivity contribution >= 4 is 17.3 Å². The Morgan fingerprint density at radius 3 is 1.84 bits per heavy atom. The smallest absolute Gasteiger partial charge is 0.302 e. The van der Waals surface area contributed by atoms with Gasteiger partial charge < -0.3 is 14.9 Å². The maximum atomic E-state index is 9.59. The van der Waals surface area contributed by atoms with Crippen molar-refractivity contribution in [3.05, 3.63) is 94.6 Å². The summed E-state index contributed by atoms with van der Waals surface area (Å²) in [6.07, 6.45) is 5.05. The molecule has 0 saturated heterocycles. The normalized spacial score (nSPS) is 14.4. The summed E-state index contributed by atoms with van der Waals surface area (Å²) >= 11 is 0. The number of methoxy groups -OCH3 is 1. The van der Waals surface area contributed by atoms with Crippen molar-refractivity contribution in [2.75, 3.05) is 13.7 Å². The molecule has 45 heavy (non-hydrogen) atoms. The SMILES string of the molecule is C=C(c1ccc(C)c(-c2cc(C(C)=N)ccc2C)c1)c1ccc(OCC2CCC(C)(C)C2)cc1C.CC.CCC.COC(C)=O. The van der Waals surface area contributed by atoms with Crippen LogP contribution >= 0.6 is 0 Å². The molecule has 0 heterocycles. The average Bonchev–Trinajstić information content (AvgIpc) is 3.36. The third-order valence-corrected chi connectivity index (χ3v) is 7.91. The highest BCUT2D eigenvalue weighted by Gasteiger charge is 2.31. The van der Waals surface area contributed by atoms with Gasteiger partial charge in [-0.05, 0) is 133 Å². The number of esters is 1. The molecular formula is C41H59NO3. The van der Waals surface area contributed by atoms with Gasteiger partial charge in [-0.25, -0.2) is 0 Å². The maximum absolute atomic E-state index is 9.59. The van der Waals surface area contributed by atoms with Gasteiger partial charge in [-0.2, -0.15) is 0 Å². The van der Waals surface area contributed by atoms with Crippen LogP contribution < -0.4 is 4.74 Å². The van der Waals surface area contributed by atoms with Gasteiger partial charge in [0.1, 0.15) is 5.75 Å². The van der Waals surface area contributed by atoms with Gasteiger partial charge in [-0.15, -0.1) is 0 Å². The first kappa shape index (κ1) is 39.4. The molecule has 4 heteroatoms. The van der Waals surface area contributed by atoms with Crippen molar-refractivity contribution in [3.8, 4) is 16.9 Å². The number of hydrogen-bond acceptors (Lipinski definition) is 4. The van der Waals surface area contributed by atoms with Gasteiger partial charge >= 0.3 is 5.97 Å². The molecule has 0 aliphatic heterocycles. The van der Waals surface area contributed by atoms with E-state index >= 15 is 0 Å². The predicted octanol–water partition coefficient (Wildman–Crippen LogP) is 11.6. The lowest BCUT2D eigenvalue weighted by Crippen LogP contribution is -2.11. The standard InChI is InChI=1S/C33H39NO.C3H6O2.C3H8.C2H6/c1-21-8-10-27(17-31(21)32-18-28(25(5)34)11-9-22(32)2)24(4)30-13-12-29(16-23(30)3)35-20-26-14-15-33(6,7)19-26;1-3(4)5-2;1-3-2;1-2/h8-13,16-18,26,34H,4,14-15,19-20H2,1-3,5-7H3;1-2H3;3H2,1-2H3;1-2H3. The van der Waals surface area contributed by atoms with Crippen molar-refractivity contribution in [2.45, 2.75) is 102 Å². The van der Waals surface area contributed by atoms with E-state index in [1.165, 1.54) is 67.5 Å². The molecule has 4 rings (SSSR count). The molecular weight excluding hydrogens is 554 g/mol. The minimum absolute atomic E-state index is 0.245. The highest BCUT2D eigenvalue weighted by molar-refractivity contribution is 5.98. The summed E-state index contributed by atoms with van der Waals surface area (Å²) in [5, 5.41) is 8.05. The third-order valence-electron chi connectivity index (χ3n) is 7.91. The van der Waals surface area contributed by atoms with E-state index in [-0.39, 0.29) is 5.97 Å². The van der Waals surface area contributed by atoms with Gasteiger partial charge in [0, 0.05) is 12.6 Å². The number of carbonyl (C=O) groups is 1. The molecule has 3 aromatic carbocycles. The molecule has 4 nitrogen and oxygen atoms in total. The van der Waals surface area contributed by atoms with Crippen LogP contribution in [0.3, 0.4) is 0 Å². The lowest BCUT2D eigenvalue weighted by molar-refractivity contribution is -0.137. The van der Waals surface area contributed by atoms with Crippen LogP contribution in [0.25, 0.3) is 16.7 Å². The van der Waals surface area contributed by atoms with Crippen molar-refractivity contribution in [2.24, 2.45) is 11.3 Å². The largest absolute Gasteiger partial charge is 0.493 e. The van der Waals surface area contributed by atoms with Crippen molar-refractivity contribution in [1.29, 1.82) is 5.41 Å². The number of rotatable bonds is 7. The predicted molar refractivity (Wildman–Crippen MR) is 195 cm³/mol. The van der Waals surface area contributed by atoms with Gasteiger partial charge in [-0.1, -0.05) is 84.9 Å². The zero-order valence-electron chi connectivity index (χ0n) is 30.2. The van der Waals surface area contributed by atoms with Crippen LogP contribution in [0.2, 0.25) is 0 Å². The second kappa shape index (κ2) is 19.0. The number of nitrogens with one attached hydrogen (secondary N) is 1. The molecule has 246 valence electrons. The zero-order valence-corrected chi connectivity index (χ0v) is 30.2. The Kier molecular flexibility index (Phi) is 16.6. The minimum Gasteiger partial charge on any atom is -0.493 e. The molecule has 1 aliphatic carbocycles. The Balaban J connectivity index is 0.000000893. The Hall–Kier alpha value is -3.66. The van der Waals surface area contributed by atoms with E-state index in [0.29, 0.717) is 17.0 Å². The first-order valence-electron chi connectivity index (χ1n) is 16.5. The molecule has 0 aromatic heterocycles. The summed E-state index contributed by atoms with van der Waals surface area (Å²) in [5.41, 5.74) is 11.3. The molecule has 3 aromatic rings. The first-order chi connectivity index (χ1) is 21.2. The molecule has 0 amide bonds. The summed E-state index contributed by atoms with van der Waals surface area (Å²) < 4.78 is 10.3. The fourth-order valence-corrected chi connectivity index (χ4v) is 5.40. The maximum Gasteiger partial charge on any atom is 0.302 e. The van der Waals surface area contributed by atoms with Crippen LogP contribution in [0.4, 0.5) is 0 Å². The van der Waals surface area contributed by atoms with Crippen molar-refractivity contribution in [1.82, 2.24) is 0 Å². The van der Waals surface area contributed by atoms with E-state index < -0.39 is 0 Å². The Labute approximate surface area is 274 Å². The van der Waals surface area contributed by atoms with Crippen LogP contribution in [0, 0.1) is 37.5 Å². The van der Waals surface area contributed by atoms with E-state index in [1.54, 1.807) is 0 Å². The van der Waals surface area contributed by atoms with Crippen molar-refractivity contribution in [3.63, 3.8) is 0 Å². The molecule has 0 radical (unpaired) electrons. The number of ether oxygens (including phenoxy) is 2.